The van der Waals surface area contributed by atoms with E-state index < -0.39 is 17.6 Å². The van der Waals surface area contributed by atoms with E-state index in [1.54, 1.807) is 26.1 Å². The number of nitrogens with one attached hydrogen (secondary N) is 2. The Hall–Kier alpha value is -3.50. The van der Waals surface area contributed by atoms with Gasteiger partial charge in [-0.15, -0.1) is 0 Å². The lowest BCUT2D eigenvalue weighted by atomic mass is 10.1. The van der Waals surface area contributed by atoms with Crippen molar-refractivity contribution < 1.29 is 23.9 Å². The molecule has 10 heteroatoms. The molecule has 0 saturated carbocycles. The van der Waals surface area contributed by atoms with Crippen LogP contribution in [-0.4, -0.2) is 39.7 Å². The van der Waals surface area contributed by atoms with E-state index in [0.717, 1.165) is 5.56 Å². The first-order valence-corrected chi connectivity index (χ1v) is 8.67. The van der Waals surface area contributed by atoms with E-state index in [9.17, 15) is 14.0 Å². The average Bonchev–Trinajstić information content (AvgIpc) is 2.96. The molecular weight excluding hydrogens is 381 g/mol. The van der Waals surface area contributed by atoms with Crippen LogP contribution in [0.2, 0.25) is 0 Å². The molecule has 3 rings (SSSR count). The molecule has 0 aliphatic heterocycles. The van der Waals surface area contributed by atoms with E-state index in [1.807, 2.05) is 0 Å². The maximum absolute atomic E-state index is 14.4. The van der Waals surface area contributed by atoms with Gasteiger partial charge in [-0.3, -0.25) is 19.4 Å². The molecule has 2 heterocycles. The Morgan fingerprint density at radius 2 is 2.10 bits per heavy atom. The monoisotopic (exact) mass is 401 g/mol. The number of nitrogens with two attached hydrogens (primary N) is 1. The van der Waals surface area contributed by atoms with E-state index in [4.69, 9.17) is 15.7 Å². The third kappa shape index (κ3) is 3.89. The van der Waals surface area contributed by atoms with Gasteiger partial charge in [0.25, 0.3) is 11.8 Å². The second-order valence-corrected chi connectivity index (χ2v) is 6.34. The first-order chi connectivity index (χ1) is 13.8. The summed E-state index contributed by atoms with van der Waals surface area (Å²) in [6.45, 7) is 1.36. The highest BCUT2D eigenvalue weighted by molar-refractivity contribution is 6.14. The van der Waals surface area contributed by atoms with Crippen molar-refractivity contribution in [2.75, 3.05) is 18.5 Å². The van der Waals surface area contributed by atoms with Crippen LogP contribution >= 0.6 is 0 Å². The number of hydrogen-bond acceptors (Lipinski definition) is 6. The molecule has 0 fully saturated rings. The standard InChI is InChI=1S/C19H20FN5O4/c1-10-3-4-14(13(20)7-10)23-15-11-8-22-9-12(18(21)27)16(11)25(2)17(15)19(28)24-29-6-5-26/h3-4,7-9,23,26H,5-6H2,1-2H3,(H2,21,27)(H,24,28). The van der Waals surface area contributed by atoms with E-state index >= 15 is 0 Å². The zero-order valence-corrected chi connectivity index (χ0v) is 15.8. The van der Waals surface area contributed by atoms with Crippen LogP contribution < -0.4 is 16.5 Å². The van der Waals surface area contributed by atoms with Crippen LogP contribution in [0.15, 0.2) is 30.6 Å². The summed E-state index contributed by atoms with van der Waals surface area (Å²) in [5.74, 6) is -1.90. The Bertz CT molecular complexity index is 1100. The summed E-state index contributed by atoms with van der Waals surface area (Å²) in [7, 11) is 1.56. The number of primary amides is 1. The SMILES string of the molecule is Cc1ccc(Nc2c(C(=O)NOCCO)n(C)c3c(C(N)=O)cncc23)c(F)c1. The van der Waals surface area contributed by atoms with Gasteiger partial charge in [0.15, 0.2) is 0 Å². The summed E-state index contributed by atoms with van der Waals surface area (Å²) < 4.78 is 15.9. The molecule has 0 spiro atoms. The summed E-state index contributed by atoms with van der Waals surface area (Å²) >= 11 is 0. The fourth-order valence-corrected chi connectivity index (χ4v) is 3.04. The quantitative estimate of drug-likeness (QED) is 0.351. The second-order valence-electron chi connectivity index (χ2n) is 6.34. The first kappa shape index (κ1) is 20.2. The Kier molecular flexibility index (Phi) is 5.76. The number of aromatic nitrogens is 2. The zero-order valence-electron chi connectivity index (χ0n) is 15.8. The van der Waals surface area contributed by atoms with Gasteiger partial charge >= 0.3 is 0 Å². The number of hydroxylamine groups is 1. The third-order valence-electron chi connectivity index (χ3n) is 4.32. The number of pyridine rings is 1. The highest BCUT2D eigenvalue weighted by atomic mass is 19.1. The summed E-state index contributed by atoms with van der Waals surface area (Å²) in [5, 5.41) is 12.1. The number of halogens is 1. The van der Waals surface area contributed by atoms with Gasteiger partial charge in [0.2, 0.25) is 0 Å². The lowest BCUT2D eigenvalue weighted by Crippen LogP contribution is -2.27. The van der Waals surface area contributed by atoms with Gasteiger partial charge in [0.1, 0.15) is 11.5 Å². The van der Waals surface area contributed by atoms with Crippen LogP contribution in [-0.2, 0) is 11.9 Å². The van der Waals surface area contributed by atoms with Crippen LogP contribution in [0.25, 0.3) is 10.9 Å². The molecule has 5 N–H and O–H groups in total. The van der Waals surface area contributed by atoms with Gasteiger partial charge < -0.3 is 20.7 Å². The molecule has 0 bridgehead atoms. The Labute approximate surface area is 165 Å². The fraction of sp³-hybridized carbons (Fsp3) is 0.211. The Morgan fingerprint density at radius 3 is 2.76 bits per heavy atom. The molecule has 0 atom stereocenters. The van der Waals surface area contributed by atoms with Crippen molar-refractivity contribution in [2.45, 2.75) is 6.92 Å². The molecule has 2 aromatic heterocycles. The highest BCUT2D eigenvalue weighted by Crippen LogP contribution is 2.34. The van der Waals surface area contributed by atoms with E-state index in [-0.39, 0.29) is 35.8 Å². The minimum absolute atomic E-state index is 0.0633. The van der Waals surface area contributed by atoms with Crippen molar-refractivity contribution in [1.29, 1.82) is 0 Å². The predicted molar refractivity (Wildman–Crippen MR) is 104 cm³/mol. The maximum atomic E-state index is 14.4. The summed E-state index contributed by atoms with van der Waals surface area (Å²) in [4.78, 5) is 33.5. The molecule has 2 amide bonds. The van der Waals surface area contributed by atoms with Gasteiger partial charge in [0, 0.05) is 24.8 Å². The minimum Gasteiger partial charge on any atom is -0.394 e. The number of aryl methyl sites for hydroxylation is 2. The number of amides is 2. The van der Waals surface area contributed by atoms with Gasteiger partial charge in [-0.05, 0) is 24.6 Å². The number of carbonyl (C=O) groups is 2. The Morgan fingerprint density at radius 1 is 1.34 bits per heavy atom. The Balaban J connectivity index is 2.19. The van der Waals surface area contributed by atoms with Crippen molar-refractivity contribution in [3.05, 3.63) is 53.2 Å². The fourth-order valence-electron chi connectivity index (χ4n) is 3.04. The van der Waals surface area contributed by atoms with Crippen LogP contribution in [0, 0.1) is 12.7 Å². The van der Waals surface area contributed by atoms with Crippen molar-refractivity contribution in [3.63, 3.8) is 0 Å². The molecule has 0 aliphatic rings. The predicted octanol–water partition coefficient (Wildman–Crippen LogP) is 1.52. The van der Waals surface area contributed by atoms with E-state index in [1.165, 1.54) is 23.0 Å². The molecule has 0 unspecified atom stereocenters. The minimum atomic E-state index is -0.722. The van der Waals surface area contributed by atoms with Crippen molar-refractivity contribution in [1.82, 2.24) is 15.0 Å². The summed E-state index contributed by atoms with van der Waals surface area (Å²) in [5.41, 5.74) is 9.28. The number of aliphatic hydroxyl groups is 1. The first-order valence-electron chi connectivity index (χ1n) is 8.67. The van der Waals surface area contributed by atoms with Crippen molar-refractivity contribution >= 4 is 34.1 Å². The molecule has 9 nitrogen and oxygen atoms in total. The van der Waals surface area contributed by atoms with Crippen LogP contribution in [0.4, 0.5) is 15.8 Å². The molecule has 0 radical (unpaired) electrons. The third-order valence-corrected chi connectivity index (χ3v) is 4.32. The normalized spacial score (nSPS) is 10.9. The summed E-state index contributed by atoms with van der Waals surface area (Å²) in [6, 6.07) is 4.61. The number of fused-ring (bicyclic) bond motifs is 1. The average molecular weight is 401 g/mol. The number of anilines is 2. The molecule has 1 aromatic carbocycles. The number of hydrogen-bond donors (Lipinski definition) is 4. The number of rotatable bonds is 7. The van der Waals surface area contributed by atoms with Crippen LogP contribution in [0.3, 0.4) is 0 Å². The molecular formula is C19H20FN5O4. The van der Waals surface area contributed by atoms with Crippen molar-refractivity contribution in [2.24, 2.45) is 12.8 Å². The second kappa shape index (κ2) is 8.25. The topological polar surface area (TPSA) is 132 Å². The highest BCUT2D eigenvalue weighted by Gasteiger charge is 2.25. The van der Waals surface area contributed by atoms with Crippen LogP contribution in [0.5, 0.6) is 0 Å². The largest absolute Gasteiger partial charge is 0.394 e. The van der Waals surface area contributed by atoms with Gasteiger partial charge in [-0.1, -0.05) is 6.07 Å². The number of carbonyl (C=O) groups excluding carboxylic acids is 2. The molecule has 29 heavy (non-hydrogen) atoms. The van der Waals surface area contributed by atoms with E-state index in [0.29, 0.717) is 10.9 Å². The number of nitrogens with zero attached hydrogens (tertiary/aromatic N) is 2. The lowest BCUT2D eigenvalue weighted by molar-refractivity contribution is 0.0163. The summed E-state index contributed by atoms with van der Waals surface area (Å²) in [6.07, 6.45) is 2.74. The van der Waals surface area contributed by atoms with Gasteiger partial charge in [-0.2, -0.15) is 0 Å². The van der Waals surface area contributed by atoms with Crippen molar-refractivity contribution in [3.8, 4) is 0 Å². The smallest absolute Gasteiger partial charge is 0.293 e. The number of benzene rings is 1. The van der Waals surface area contributed by atoms with Gasteiger partial charge in [-0.25, -0.2) is 9.87 Å². The molecule has 3 aromatic rings. The van der Waals surface area contributed by atoms with Gasteiger partial charge in [0.05, 0.1) is 35.7 Å². The zero-order chi connectivity index (χ0) is 21.1. The molecule has 0 aliphatic carbocycles. The van der Waals surface area contributed by atoms with E-state index in [2.05, 4.69) is 15.8 Å². The maximum Gasteiger partial charge on any atom is 0.293 e. The lowest BCUT2D eigenvalue weighted by Gasteiger charge is -2.11. The molecule has 152 valence electrons. The van der Waals surface area contributed by atoms with Crippen LogP contribution in [0.1, 0.15) is 26.4 Å². The molecule has 0 saturated heterocycles. The number of aliphatic hydroxyl groups excluding tert-OH is 1.